The summed E-state index contributed by atoms with van der Waals surface area (Å²) >= 11 is 1.49. The van der Waals surface area contributed by atoms with Crippen LogP contribution in [0.4, 0.5) is 5.69 Å². The van der Waals surface area contributed by atoms with Gasteiger partial charge < -0.3 is 10.1 Å². The minimum Gasteiger partial charge on any atom is -0.481 e. The Kier molecular flexibility index (Phi) is 3.35. The van der Waals surface area contributed by atoms with Crippen molar-refractivity contribution in [3.63, 3.8) is 0 Å². The largest absolute Gasteiger partial charge is 0.481 e. The summed E-state index contributed by atoms with van der Waals surface area (Å²) in [4.78, 5) is 16.5. The van der Waals surface area contributed by atoms with E-state index in [-0.39, 0.29) is 5.91 Å². The van der Waals surface area contributed by atoms with Crippen LogP contribution in [0.2, 0.25) is 0 Å². The van der Waals surface area contributed by atoms with Crippen LogP contribution >= 0.6 is 11.3 Å². The molecule has 3 rings (SSSR count). The van der Waals surface area contributed by atoms with Crippen molar-refractivity contribution in [1.82, 2.24) is 4.98 Å². The van der Waals surface area contributed by atoms with Gasteiger partial charge in [-0.2, -0.15) is 11.3 Å². The minimum atomic E-state index is -0.136. The summed E-state index contributed by atoms with van der Waals surface area (Å²) in [5, 5.41) is 7.53. The molecule has 0 unspecified atom stereocenters. The predicted octanol–water partition coefficient (Wildman–Crippen LogP) is 3.56. The van der Waals surface area contributed by atoms with E-state index < -0.39 is 0 Å². The second kappa shape index (κ2) is 5.30. The number of hydrogen-bond acceptors (Lipinski definition) is 4. The van der Waals surface area contributed by atoms with E-state index in [1.54, 1.807) is 19.2 Å². The molecule has 100 valence electrons. The van der Waals surface area contributed by atoms with E-state index in [9.17, 15) is 4.79 Å². The zero-order valence-corrected chi connectivity index (χ0v) is 11.6. The molecule has 0 spiro atoms. The molecule has 0 bridgehead atoms. The summed E-state index contributed by atoms with van der Waals surface area (Å²) < 4.78 is 5.13. The Bertz CT molecular complexity index is 754. The van der Waals surface area contributed by atoms with E-state index in [0.29, 0.717) is 17.1 Å². The number of benzene rings is 1. The lowest BCUT2D eigenvalue weighted by molar-refractivity contribution is 0.102. The Labute approximate surface area is 120 Å². The van der Waals surface area contributed by atoms with E-state index in [0.717, 1.165) is 10.9 Å². The number of carbonyl (C=O) groups is 1. The number of ether oxygens (including phenoxy) is 1. The number of fused-ring (bicyclic) bond motifs is 1. The standard InChI is InChI=1S/C15H12N2O2S/c1-19-13-6-5-10-3-2-4-12(14(10)17-13)16-15(18)11-7-8-20-9-11/h2-9H,1H3,(H,16,18). The zero-order chi connectivity index (χ0) is 13.9. The lowest BCUT2D eigenvalue weighted by Crippen LogP contribution is -2.11. The first-order valence-corrected chi connectivity index (χ1v) is 6.99. The van der Waals surface area contributed by atoms with Gasteiger partial charge in [0.15, 0.2) is 0 Å². The Balaban J connectivity index is 2.00. The van der Waals surface area contributed by atoms with Crippen LogP contribution in [0.25, 0.3) is 10.9 Å². The van der Waals surface area contributed by atoms with Crippen molar-refractivity contribution in [1.29, 1.82) is 0 Å². The molecule has 0 saturated carbocycles. The SMILES string of the molecule is COc1ccc2cccc(NC(=O)c3ccsc3)c2n1. The maximum atomic E-state index is 12.1. The number of aromatic nitrogens is 1. The van der Waals surface area contributed by atoms with Gasteiger partial charge in [-0.05, 0) is 23.6 Å². The maximum Gasteiger partial charge on any atom is 0.256 e. The van der Waals surface area contributed by atoms with Gasteiger partial charge in [0.05, 0.1) is 23.9 Å². The first-order chi connectivity index (χ1) is 9.78. The molecule has 0 radical (unpaired) electrons. The highest BCUT2D eigenvalue weighted by Crippen LogP contribution is 2.24. The van der Waals surface area contributed by atoms with Gasteiger partial charge in [-0.25, -0.2) is 4.98 Å². The summed E-state index contributed by atoms with van der Waals surface area (Å²) in [6.07, 6.45) is 0. The Hall–Kier alpha value is -2.40. The number of anilines is 1. The Morgan fingerprint density at radius 3 is 2.90 bits per heavy atom. The average Bonchev–Trinajstić information content (AvgIpc) is 3.01. The Morgan fingerprint density at radius 1 is 1.25 bits per heavy atom. The van der Waals surface area contributed by atoms with Gasteiger partial charge in [-0.1, -0.05) is 12.1 Å². The third-order valence-corrected chi connectivity index (χ3v) is 3.62. The lowest BCUT2D eigenvalue weighted by atomic mass is 10.2. The molecular weight excluding hydrogens is 272 g/mol. The maximum absolute atomic E-state index is 12.1. The number of rotatable bonds is 3. The molecule has 1 aromatic carbocycles. The van der Waals surface area contributed by atoms with Crippen LogP contribution in [0.15, 0.2) is 47.2 Å². The molecule has 20 heavy (non-hydrogen) atoms. The van der Waals surface area contributed by atoms with Gasteiger partial charge in [0.1, 0.15) is 0 Å². The fourth-order valence-corrected chi connectivity index (χ4v) is 2.57. The van der Waals surface area contributed by atoms with E-state index in [1.807, 2.05) is 35.0 Å². The normalized spacial score (nSPS) is 10.4. The van der Waals surface area contributed by atoms with Gasteiger partial charge in [0, 0.05) is 16.8 Å². The van der Waals surface area contributed by atoms with Gasteiger partial charge in [-0.3, -0.25) is 4.79 Å². The summed E-state index contributed by atoms with van der Waals surface area (Å²) in [5.41, 5.74) is 2.04. The number of methoxy groups -OCH3 is 1. The summed E-state index contributed by atoms with van der Waals surface area (Å²) in [6.45, 7) is 0. The van der Waals surface area contributed by atoms with Crippen molar-refractivity contribution in [2.45, 2.75) is 0 Å². The van der Waals surface area contributed by atoms with Gasteiger partial charge in [0.2, 0.25) is 5.88 Å². The highest BCUT2D eigenvalue weighted by atomic mass is 32.1. The van der Waals surface area contributed by atoms with Crippen molar-refractivity contribution in [3.05, 3.63) is 52.7 Å². The number of hydrogen-bond donors (Lipinski definition) is 1. The molecule has 0 saturated heterocycles. The molecule has 5 heteroatoms. The van der Waals surface area contributed by atoms with Crippen LogP contribution in [-0.2, 0) is 0 Å². The van der Waals surface area contributed by atoms with Crippen LogP contribution in [-0.4, -0.2) is 18.0 Å². The quantitative estimate of drug-likeness (QED) is 0.800. The third kappa shape index (κ3) is 2.35. The monoisotopic (exact) mass is 284 g/mol. The smallest absolute Gasteiger partial charge is 0.256 e. The molecule has 0 aliphatic heterocycles. The minimum absolute atomic E-state index is 0.136. The van der Waals surface area contributed by atoms with Crippen molar-refractivity contribution in [2.75, 3.05) is 12.4 Å². The molecule has 3 aromatic rings. The van der Waals surface area contributed by atoms with Crippen LogP contribution in [0, 0.1) is 0 Å². The number of para-hydroxylation sites is 1. The van der Waals surface area contributed by atoms with Crippen molar-refractivity contribution < 1.29 is 9.53 Å². The van der Waals surface area contributed by atoms with Crippen LogP contribution < -0.4 is 10.1 Å². The Morgan fingerprint density at radius 2 is 2.15 bits per heavy atom. The average molecular weight is 284 g/mol. The molecule has 2 aromatic heterocycles. The van der Waals surface area contributed by atoms with E-state index >= 15 is 0 Å². The molecule has 0 aliphatic rings. The zero-order valence-electron chi connectivity index (χ0n) is 10.8. The number of thiophene rings is 1. The van der Waals surface area contributed by atoms with Crippen molar-refractivity contribution in [2.24, 2.45) is 0 Å². The third-order valence-electron chi connectivity index (χ3n) is 2.94. The number of nitrogens with one attached hydrogen (secondary N) is 1. The highest BCUT2D eigenvalue weighted by molar-refractivity contribution is 7.08. The molecule has 4 nitrogen and oxygen atoms in total. The first kappa shape index (κ1) is 12.6. The van der Waals surface area contributed by atoms with E-state index in [1.165, 1.54) is 11.3 Å². The molecule has 0 aliphatic carbocycles. The molecule has 1 amide bonds. The topological polar surface area (TPSA) is 51.2 Å². The van der Waals surface area contributed by atoms with Gasteiger partial charge >= 0.3 is 0 Å². The molecular formula is C15H12N2O2S. The fourth-order valence-electron chi connectivity index (χ4n) is 1.93. The van der Waals surface area contributed by atoms with Crippen LogP contribution in [0.5, 0.6) is 5.88 Å². The summed E-state index contributed by atoms with van der Waals surface area (Å²) in [6, 6.07) is 11.2. The molecule has 0 fully saturated rings. The van der Waals surface area contributed by atoms with Crippen molar-refractivity contribution >= 4 is 33.8 Å². The molecule has 2 heterocycles. The lowest BCUT2D eigenvalue weighted by Gasteiger charge is -2.08. The molecule has 0 atom stereocenters. The van der Waals surface area contributed by atoms with E-state index in [4.69, 9.17) is 4.74 Å². The number of nitrogens with zero attached hydrogens (tertiary/aromatic N) is 1. The van der Waals surface area contributed by atoms with Crippen molar-refractivity contribution in [3.8, 4) is 5.88 Å². The molecule has 1 N–H and O–H groups in total. The second-order valence-electron chi connectivity index (χ2n) is 4.20. The van der Waals surface area contributed by atoms with Crippen LogP contribution in [0.1, 0.15) is 10.4 Å². The van der Waals surface area contributed by atoms with Crippen LogP contribution in [0.3, 0.4) is 0 Å². The number of pyridine rings is 1. The summed E-state index contributed by atoms with van der Waals surface area (Å²) in [5.74, 6) is 0.387. The highest BCUT2D eigenvalue weighted by Gasteiger charge is 2.10. The summed E-state index contributed by atoms with van der Waals surface area (Å²) in [7, 11) is 1.57. The predicted molar refractivity (Wildman–Crippen MR) is 80.6 cm³/mol. The van der Waals surface area contributed by atoms with Gasteiger partial charge in [0.25, 0.3) is 5.91 Å². The second-order valence-corrected chi connectivity index (χ2v) is 4.98. The first-order valence-electron chi connectivity index (χ1n) is 6.05. The number of amides is 1. The number of carbonyl (C=O) groups excluding carboxylic acids is 1. The fraction of sp³-hybridized carbons (Fsp3) is 0.0667. The van der Waals surface area contributed by atoms with E-state index in [2.05, 4.69) is 10.3 Å². The van der Waals surface area contributed by atoms with Gasteiger partial charge in [-0.15, -0.1) is 0 Å².